The highest BCUT2D eigenvalue weighted by Crippen LogP contribution is 2.14. The molecule has 15 heavy (non-hydrogen) atoms. The van der Waals surface area contributed by atoms with Gasteiger partial charge in [-0.3, -0.25) is 5.41 Å². The summed E-state index contributed by atoms with van der Waals surface area (Å²) in [5.41, 5.74) is 3.42. The Labute approximate surface area is 91.7 Å². The molecule has 1 aliphatic heterocycles. The second-order valence-corrected chi connectivity index (χ2v) is 3.92. The van der Waals surface area contributed by atoms with Crippen LogP contribution in [0.1, 0.15) is 20.3 Å². The smallest absolute Gasteiger partial charge is 0.122 e. The lowest BCUT2D eigenvalue weighted by atomic mass is 10.1. The Morgan fingerprint density at radius 2 is 2.13 bits per heavy atom. The van der Waals surface area contributed by atoms with Gasteiger partial charge in [-0.2, -0.15) is 0 Å². The molecule has 0 bridgehead atoms. The predicted octanol–water partition coefficient (Wildman–Crippen LogP) is 2.25. The van der Waals surface area contributed by atoms with Gasteiger partial charge >= 0.3 is 0 Å². The van der Waals surface area contributed by atoms with Crippen LogP contribution in [0, 0.1) is 5.41 Å². The average Bonchev–Trinajstić information content (AvgIpc) is 2.16. The third-order valence-electron chi connectivity index (χ3n) is 2.24. The zero-order valence-corrected chi connectivity index (χ0v) is 9.89. The Morgan fingerprint density at radius 3 is 2.67 bits per heavy atom. The maximum atomic E-state index is 7.73. The predicted molar refractivity (Wildman–Crippen MR) is 64.8 cm³/mol. The molecule has 0 aromatic rings. The number of likely N-dealkylation sites (N-methyl/N-ethyl adjacent to an activating group) is 1. The van der Waals surface area contributed by atoms with E-state index in [4.69, 9.17) is 5.41 Å². The molecule has 0 amide bonds. The summed E-state index contributed by atoms with van der Waals surface area (Å²) in [5, 5.41) is 11.0. The van der Waals surface area contributed by atoms with E-state index in [0.717, 1.165) is 12.1 Å². The van der Waals surface area contributed by atoms with Gasteiger partial charge in [-0.15, -0.1) is 0 Å². The molecule has 1 rings (SSSR count). The molecular formula is C12H19N3. The summed E-state index contributed by atoms with van der Waals surface area (Å²) in [6.45, 7) is 4.19. The number of hydrogen-bond donors (Lipinski definition) is 2. The molecule has 3 heteroatoms. The minimum absolute atomic E-state index is 0.499. The van der Waals surface area contributed by atoms with Crippen LogP contribution in [0.4, 0.5) is 0 Å². The fraction of sp³-hybridized carbons (Fsp3) is 0.417. The van der Waals surface area contributed by atoms with Gasteiger partial charge in [0.15, 0.2) is 0 Å². The fourth-order valence-corrected chi connectivity index (χ4v) is 1.36. The number of allylic oxidation sites excluding steroid dienone is 4. The minimum Gasteiger partial charge on any atom is -0.363 e. The third kappa shape index (κ3) is 3.27. The molecule has 0 aromatic carbocycles. The Bertz CT molecular complexity index is 346. The first-order valence-corrected chi connectivity index (χ1v) is 5.16. The van der Waals surface area contributed by atoms with Gasteiger partial charge in [-0.25, -0.2) is 0 Å². The van der Waals surface area contributed by atoms with Crippen LogP contribution >= 0.6 is 0 Å². The van der Waals surface area contributed by atoms with Crippen molar-refractivity contribution >= 4 is 5.84 Å². The molecule has 0 aromatic heterocycles. The number of amidine groups is 1. The van der Waals surface area contributed by atoms with Gasteiger partial charge in [0.05, 0.1) is 0 Å². The van der Waals surface area contributed by atoms with Crippen molar-refractivity contribution in [3.8, 4) is 0 Å². The second-order valence-electron chi connectivity index (χ2n) is 3.92. The molecular weight excluding hydrogens is 186 g/mol. The van der Waals surface area contributed by atoms with E-state index >= 15 is 0 Å². The molecule has 0 saturated heterocycles. The molecule has 0 unspecified atom stereocenters. The van der Waals surface area contributed by atoms with Crippen LogP contribution in [-0.4, -0.2) is 24.8 Å². The molecule has 2 N–H and O–H groups in total. The van der Waals surface area contributed by atoms with Crippen molar-refractivity contribution in [2.75, 3.05) is 14.1 Å². The van der Waals surface area contributed by atoms with Crippen molar-refractivity contribution in [1.82, 2.24) is 10.2 Å². The number of nitrogens with zero attached hydrogens (tertiary/aromatic N) is 1. The van der Waals surface area contributed by atoms with Gasteiger partial charge in [0, 0.05) is 31.6 Å². The van der Waals surface area contributed by atoms with Crippen molar-refractivity contribution < 1.29 is 0 Å². The summed E-state index contributed by atoms with van der Waals surface area (Å²) in [6, 6.07) is 0. The van der Waals surface area contributed by atoms with Crippen LogP contribution in [0.15, 0.2) is 35.2 Å². The first kappa shape index (κ1) is 11.6. The number of nitrogens with one attached hydrogen (secondary N) is 2. The minimum atomic E-state index is 0.499. The SMILES string of the molecule is CCC1=CC(C)=C/C(=C/C(=N)N(C)C)N1. The highest BCUT2D eigenvalue weighted by Gasteiger charge is 2.05. The molecule has 1 aliphatic rings. The van der Waals surface area contributed by atoms with Gasteiger partial charge in [0.25, 0.3) is 0 Å². The molecule has 1 heterocycles. The Morgan fingerprint density at radius 1 is 1.47 bits per heavy atom. The molecule has 82 valence electrons. The Balaban J connectivity index is 2.83. The van der Waals surface area contributed by atoms with Crippen LogP contribution in [0.25, 0.3) is 0 Å². The Hall–Kier alpha value is -1.51. The first-order chi connectivity index (χ1) is 7.02. The summed E-state index contributed by atoms with van der Waals surface area (Å²) in [6.07, 6.45) is 7.01. The summed E-state index contributed by atoms with van der Waals surface area (Å²) < 4.78 is 0. The van der Waals surface area contributed by atoms with Gasteiger partial charge in [0.2, 0.25) is 0 Å². The lowest BCUT2D eigenvalue weighted by molar-refractivity contribution is 0.621. The summed E-state index contributed by atoms with van der Waals surface area (Å²) in [7, 11) is 3.74. The van der Waals surface area contributed by atoms with Crippen LogP contribution in [0.3, 0.4) is 0 Å². The molecule has 0 aliphatic carbocycles. The molecule has 3 nitrogen and oxygen atoms in total. The average molecular weight is 205 g/mol. The van der Waals surface area contributed by atoms with E-state index in [1.165, 1.54) is 11.3 Å². The molecule has 0 radical (unpaired) electrons. The summed E-state index contributed by atoms with van der Waals surface area (Å²) >= 11 is 0. The number of rotatable bonds is 2. The monoisotopic (exact) mass is 205 g/mol. The van der Waals surface area contributed by atoms with E-state index in [2.05, 4.69) is 31.3 Å². The van der Waals surface area contributed by atoms with Gasteiger partial charge in [-0.05, 0) is 31.1 Å². The van der Waals surface area contributed by atoms with E-state index in [0.29, 0.717) is 5.84 Å². The summed E-state index contributed by atoms with van der Waals surface area (Å²) in [5.74, 6) is 0.499. The number of dihydropyridines is 1. The molecule has 0 atom stereocenters. The van der Waals surface area contributed by atoms with Crippen molar-refractivity contribution in [2.24, 2.45) is 0 Å². The lowest BCUT2D eigenvalue weighted by Gasteiger charge is -2.18. The van der Waals surface area contributed by atoms with E-state index < -0.39 is 0 Å². The Kier molecular flexibility index (Phi) is 3.72. The van der Waals surface area contributed by atoms with E-state index in [1.807, 2.05) is 20.2 Å². The highest BCUT2D eigenvalue weighted by atomic mass is 15.1. The molecule has 0 spiro atoms. The largest absolute Gasteiger partial charge is 0.363 e. The quantitative estimate of drug-likeness (QED) is 0.536. The standard InChI is InChI=1S/C12H19N3/c1-5-10-6-9(2)7-11(14-10)8-12(13)15(3)4/h6-8,13-14H,5H2,1-4H3/b11-8-,13-12?. The second kappa shape index (κ2) is 4.82. The van der Waals surface area contributed by atoms with E-state index in [-0.39, 0.29) is 0 Å². The fourth-order valence-electron chi connectivity index (χ4n) is 1.36. The van der Waals surface area contributed by atoms with E-state index in [1.54, 1.807) is 4.90 Å². The molecule has 0 saturated carbocycles. The van der Waals surface area contributed by atoms with Crippen LogP contribution in [0.2, 0.25) is 0 Å². The maximum absolute atomic E-state index is 7.73. The third-order valence-corrected chi connectivity index (χ3v) is 2.24. The van der Waals surface area contributed by atoms with Crippen molar-refractivity contribution in [3.05, 3.63) is 35.2 Å². The zero-order valence-electron chi connectivity index (χ0n) is 9.89. The van der Waals surface area contributed by atoms with Crippen molar-refractivity contribution in [3.63, 3.8) is 0 Å². The van der Waals surface area contributed by atoms with Gasteiger partial charge in [-0.1, -0.05) is 6.92 Å². The zero-order chi connectivity index (χ0) is 11.4. The van der Waals surface area contributed by atoms with Crippen LogP contribution in [0.5, 0.6) is 0 Å². The topological polar surface area (TPSA) is 39.1 Å². The van der Waals surface area contributed by atoms with Crippen LogP contribution < -0.4 is 5.32 Å². The van der Waals surface area contributed by atoms with Crippen LogP contribution in [-0.2, 0) is 0 Å². The van der Waals surface area contributed by atoms with Gasteiger partial charge < -0.3 is 10.2 Å². The molecule has 0 fully saturated rings. The van der Waals surface area contributed by atoms with Crippen molar-refractivity contribution in [2.45, 2.75) is 20.3 Å². The van der Waals surface area contributed by atoms with E-state index in [9.17, 15) is 0 Å². The van der Waals surface area contributed by atoms with Gasteiger partial charge in [0.1, 0.15) is 5.84 Å². The van der Waals surface area contributed by atoms with Crippen molar-refractivity contribution in [1.29, 1.82) is 5.41 Å². The summed E-state index contributed by atoms with van der Waals surface area (Å²) in [4.78, 5) is 1.78. The normalized spacial score (nSPS) is 18.0. The lowest BCUT2D eigenvalue weighted by Crippen LogP contribution is -2.22. The maximum Gasteiger partial charge on any atom is 0.122 e. The first-order valence-electron chi connectivity index (χ1n) is 5.16. The number of hydrogen-bond acceptors (Lipinski definition) is 2. The highest BCUT2D eigenvalue weighted by molar-refractivity contribution is 5.90.